The summed E-state index contributed by atoms with van der Waals surface area (Å²) in [7, 11) is 1.55. The number of H-pyrrole nitrogens is 2. The number of hydroxylamine groups is 2. The molecular weight excluding hydrogens is 294 g/mol. The van der Waals surface area contributed by atoms with Crippen LogP contribution in [-0.2, 0) is 16.1 Å². The maximum Gasteiger partial charge on any atom is 0.323 e. The van der Waals surface area contributed by atoms with E-state index in [9.17, 15) is 9.59 Å². The first kappa shape index (κ1) is 15.8. The Morgan fingerprint density at radius 2 is 1.96 bits per heavy atom. The Kier molecular flexibility index (Phi) is 4.81. The molecule has 2 aromatic rings. The lowest BCUT2D eigenvalue weighted by molar-refractivity contribution is -0.179. The molecule has 0 aliphatic heterocycles. The minimum atomic E-state index is -0.237. The van der Waals surface area contributed by atoms with E-state index in [0.29, 0.717) is 12.5 Å². The number of carbonyl (C=O) groups excluding carboxylic acids is 1. The van der Waals surface area contributed by atoms with Crippen LogP contribution in [0, 0.1) is 5.92 Å². The summed E-state index contributed by atoms with van der Waals surface area (Å²) in [4.78, 5) is 34.5. The SMILES string of the molecule is CON(CC1CCCCC1)C(=O)Cc1ccc2[nH]c(=O)[nH]c2c1. The van der Waals surface area contributed by atoms with Gasteiger partial charge in [-0.3, -0.25) is 9.63 Å². The lowest BCUT2D eigenvalue weighted by Gasteiger charge is -2.28. The van der Waals surface area contributed by atoms with E-state index < -0.39 is 0 Å². The van der Waals surface area contributed by atoms with Crippen molar-refractivity contribution in [1.29, 1.82) is 0 Å². The average molecular weight is 317 g/mol. The summed E-state index contributed by atoms with van der Waals surface area (Å²) in [5.41, 5.74) is 2.09. The number of amides is 1. The van der Waals surface area contributed by atoms with Crippen LogP contribution in [0.2, 0.25) is 0 Å². The van der Waals surface area contributed by atoms with Crippen molar-refractivity contribution in [2.45, 2.75) is 38.5 Å². The molecule has 0 unspecified atom stereocenters. The molecule has 1 heterocycles. The molecule has 3 rings (SSSR count). The topological polar surface area (TPSA) is 78.2 Å². The highest BCUT2D eigenvalue weighted by Gasteiger charge is 2.21. The molecule has 2 N–H and O–H groups in total. The second-order valence-electron chi connectivity index (χ2n) is 6.28. The number of aromatic amines is 2. The van der Waals surface area contributed by atoms with E-state index in [-0.39, 0.29) is 18.0 Å². The summed E-state index contributed by atoms with van der Waals surface area (Å²) < 4.78 is 0. The molecule has 6 nitrogen and oxygen atoms in total. The van der Waals surface area contributed by atoms with E-state index >= 15 is 0 Å². The van der Waals surface area contributed by atoms with Crippen molar-refractivity contribution in [2.75, 3.05) is 13.7 Å². The molecule has 0 bridgehead atoms. The summed E-state index contributed by atoms with van der Waals surface area (Å²) in [5.74, 6) is 0.492. The summed E-state index contributed by atoms with van der Waals surface area (Å²) in [6, 6.07) is 5.51. The van der Waals surface area contributed by atoms with Gasteiger partial charge in [0.15, 0.2) is 0 Å². The van der Waals surface area contributed by atoms with E-state index in [1.807, 2.05) is 18.2 Å². The van der Waals surface area contributed by atoms with Gasteiger partial charge in [0.25, 0.3) is 5.91 Å². The van der Waals surface area contributed by atoms with Gasteiger partial charge in [-0.1, -0.05) is 25.3 Å². The van der Waals surface area contributed by atoms with Gasteiger partial charge in [0.05, 0.1) is 31.1 Å². The summed E-state index contributed by atoms with van der Waals surface area (Å²) in [6.45, 7) is 0.665. The Balaban J connectivity index is 1.66. The van der Waals surface area contributed by atoms with Gasteiger partial charge in [-0.15, -0.1) is 0 Å². The molecule has 124 valence electrons. The third kappa shape index (κ3) is 3.82. The number of hydrogen-bond donors (Lipinski definition) is 2. The van der Waals surface area contributed by atoms with E-state index in [1.54, 1.807) is 7.11 Å². The van der Waals surface area contributed by atoms with Crippen LogP contribution in [0.15, 0.2) is 23.0 Å². The fraction of sp³-hybridized carbons (Fsp3) is 0.529. The zero-order valence-electron chi connectivity index (χ0n) is 13.4. The highest BCUT2D eigenvalue weighted by Crippen LogP contribution is 2.24. The Labute approximate surface area is 134 Å². The van der Waals surface area contributed by atoms with E-state index in [2.05, 4.69) is 9.97 Å². The fourth-order valence-corrected chi connectivity index (χ4v) is 3.33. The molecular formula is C17H23N3O3. The third-order valence-corrected chi connectivity index (χ3v) is 4.58. The molecule has 1 aromatic heterocycles. The molecule has 6 heteroatoms. The summed E-state index contributed by atoms with van der Waals surface area (Å²) in [5, 5.41) is 1.49. The van der Waals surface area contributed by atoms with Gasteiger partial charge < -0.3 is 9.97 Å². The summed E-state index contributed by atoms with van der Waals surface area (Å²) >= 11 is 0. The minimum absolute atomic E-state index is 0.0460. The molecule has 1 amide bonds. The van der Waals surface area contributed by atoms with E-state index in [1.165, 1.54) is 37.2 Å². The van der Waals surface area contributed by atoms with Crippen LogP contribution in [0.25, 0.3) is 11.0 Å². The van der Waals surface area contributed by atoms with Crippen molar-refractivity contribution in [3.63, 3.8) is 0 Å². The molecule has 0 spiro atoms. The zero-order valence-corrected chi connectivity index (χ0v) is 13.4. The predicted octanol–water partition coefficient (Wildman–Crippen LogP) is 2.37. The first-order chi connectivity index (χ1) is 11.2. The Hall–Kier alpha value is -2.08. The van der Waals surface area contributed by atoms with Gasteiger partial charge in [-0.05, 0) is 36.5 Å². The molecule has 1 saturated carbocycles. The second kappa shape index (κ2) is 7.00. The van der Waals surface area contributed by atoms with Crippen LogP contribution < -0.4 is 5.69 Å². The van der Waals surface area contributed by atoms with Crippen molar-refractivity contribution < 1.29 is 9.63 Å². The number of nitrogens with one attached hydrogen (secondary N) is 2. The lowest BCUT2D eigenvalue weighted by atomic mass is 9.89. The molecule has 1 fully saturated rings. The maximum absolute atomic E-state index is 12.5. The smallest absolute Gasteiger partial charge is 0.306 e. The predicted molar refractivity (Wildman–Crippen MR) is 87.9 cm³/mol. The highest BCUT2D eigenvalue weighted by atomic mass is 16.7. The standard InChI is InChI=1S/C17H23N3O3/c1-23-20(11-12-5-3-2-4-6-12)16(21)10-13-7-8-14-15(9-13)19-17(22)18-14/h7-9,12H,2-6,10-11H2,1H3,(H2,18,19,22). The van der Waals surface area contributed by atoms with E-state index in [0.717, 1.165) is 16.6 Å². The first-order valence-corrected chi connectivity index (χ1v) is 8.21. The number of rotatable bonds is 5. The molecule has 1 aromatic carbocycles. The monoisotopic (exact) mass is 317 g/mol. The Morgan fingerprint density at radius 3 is 2.70 bits per heavy atom. The molecule has 0 atom stereocenters. The zero-order chi connectivity index (χ0) is 16.2. The van der Waals surface area contributed by atoms with Crippen molar-refractivity contribution in [3.05, 3.63) is 34.2 Å². The van der Waals surface area contributed by atoms with Crippen LogP contribution in [0.3, 0.4) is 0 Å². The molecule has 0 saturated heterocycles. The lowest BCUT2D eigenvalue weighted by Crippen LogP contribution is -2.36. The first-order valence-electron chi connectivity index (χ1n) is 8.21. The van der Waals surface area contributed by atoms with Crippen LogP contribution in [-0.4, -0.2) is 34.6 Å². The minimum Gasteiger partial charge on any atom is -0.306 e. The number of aromatic nitrogens is 2. The number of imidazole rings is 1. The van der Waals surface area contributed by atoms with Gasteiger partial charge in [-0.25, -0.2) is 9.86 Å². The molecule has 1 aliphatic carbocycles. The van der Waals surface area contributed by atoms with Crippen molar-refractivity contribution in [1.82, 2.24) is 15.0 Å². The van der Waals surface area contributed by atoms with Gasteiger partial charge in [-0.2, -0.15) is 0 Å². The van der Waals surface area contributed by atoms with Gasteiger partial charge >= 0.3 is 5.69 Å². The fourth-order valence-electron chi connectivity index (χ4n) is 3.33. The van der Waals surface area contributed by atoms with Gasteiger partial charge in [0.1, 0.15) is 0 Å². The van der Waals surface area contributed by atoms with Crippen molar-refractivity contribution >= 4 is 16.9 Å². The Bertz CT molecular complexity index is 728. The quantitative estimate of drug-likeness (QED) is 0.831. The largest absolute Gasteiger partial charge is 0.323 e. The number of nitrogens with zero attached hydrogens (tertiary/aromatic N) is 1. The second-order valence-corrected chi connectivity index (χ2v) is 6.28. The number of benzene rings is 1. The number of carbonyl (C=O) groups is 1. The summed E-state index contributed by atoms with van der Waals surface area (Å²) in [6.07, 6.45) is 6.39. The molecule has 23 heavy (non-hydrogen) atoms. The average Bonchev–Trinajstić information content (AvgIpc) is 2.92. The normalized spacial score (nSPS) is 15.9. The molecule has 1 aliphatic rings. The third-order valence-electron chi connectivity index (χ3n) is 4.58. The number of fused-ring (bicyclic) bond motifs is 1. The highest BCUT2D eigenvalue weighted by molar-refractivity contribution is 5.81. The Morgan fingerprint density at radius 1 is 1.22 bits per heavy atom. The van der Waals surface area contributed by atoms with Crippen molar-refractivity contribution in [2.24, 2.45) is 5.92 Å². The maximum atomic E-state index is 12.5. The number of hydrogen-bond acceptors (Lipinski definition) is 3. The van der Waals surface area contributed by atoms with E-state index in [4.69, 9.17) is 4.84 Å². The van der Waals surface area contributed by atoms with Gasteiger partial charge in [0.2, 0.25) is 0 Å². The van der Waals surface area contributed by atoms with Crippen molar-refractivity contribution in [3.8, 4) is 0 Å². The van der Waals surface area contributed by atoms with Crippen LogP contribution in [0.4, 0.5) is 0 Å². The van der Waals surface area contributed by atoms with Gasteiger partial charge in [0, 0.05) is 0 Å². The molecule has 0 radical (unpaired) electrons. The van der Waals surface area contributed by atoms with Crippen LogP contribution in [0.1, 0.15) is 37.7 Å². The van der Waals surface area contributed by atoms with Crippen LogP contribution in [0.5, 0.6) is 0 Å². The van der Waals surface area contributed by atoms with Crippen LogP contribution >= 0.6 is 0 Å².